The van der Waals surface area contributed by atoms with E-state index in [1.165, 1.54) is 0 Å². The standard InChI is InChI=1S/C22H23N5O4S/c1-30-16-10-8-15(9-11-16)20-25-26-22(31-20)32-14-19(28)23-17-6-2-3-7-18(17)24-21(29)27-12-4-5-13-27/h2-3,6-11H,4-5,12-14H2,1H3,(H,23,28)(H,24,29). The van der Waals surface area contributed by atoms with Crippen LogP contribution in [-0.2, 0) is 4.79 Å². The molecule has 2 aromatic carbocycles. The van der Waals surface area contributed by atoms with Gasteiger partial charge in [-0.15, -0.1) is 10.2 Å². The quantitative estimate of drug-likeness (QED) is 0.518. The van der Waals surface area contributed by atoms with Gasteiger partial charge in [-0.05, 0) is 49.2 Å². The molecule has 166 valence electrons. The minimum absolute atomic E-state index is 0.0820. The summed E-state index contributed by atoms with van der Waals surface area (Å²) >= 11 is 1.14. The second-order valence-corrected chi connectivity index (χ2v) is 8.03. The highest BCUT2D eigenvalue weighted by Gasteiger charge is 2.19. The molecule has 0 atom stereocenters. The van der Waals surface area contributed by atoms with Crippen molar-refractivity contribution >= 4 is 35.1 Å². The lowest BCUT2D eigenvalue weighted by Crippen LogP contribution is -2.32. The van der Waals surface area contributed by atoms with Crippen LogP contribution in [0.3, 0.4) is 0 Å². The molecule has 3 aromatic rings. The number of likely N-dealkylation sites (tertiary alicyclic amines) is 1. The van der Waals surface area contributed by atoms with Crippen LogP contribution in [0.4, 0.5) is 16.2 Å². The number of anilines is 2. The van der Waals surface area contributed by atoms with Gasteiger partial charge in [-0.3, -0.25) is 4.79 Å². The van der Waals surface area contributed by atoms with Crippen molar-refractivity contribution in [3.63, 3.8) is 0 Å². The molecule has 0 unspecified atom stereocenters. The maximum atomic E-state index is 12.5. The Morgan fingerprint density at radius 2 is 1.72 bits per heavy atom. The van der Waals surface area contributed by atoms with E-state index in [9.17, 15) is 9.59 Å². The molecule has 1 aliphatic heterocycles. The Morgan fingerprint density at radius 1 is 1.03 bits per heavy atom. The van der Waals surface area contributed by atoms with E-state index in [0.29, 0.717) is 22.5 Å². The van der Waals surface area contributed by atoms with E-state index in [-0.39, 0.29) is 17.7 Å². The molecule has 1 aromatic heterocycles. The summed E-state index contributed by atoms with van der Waals surface area (Å²) in [7, 11) is 1.60. The topological polar surface area (TPSA) is 110 Å². The van der Waals surface area contributed by atoms with Crippen LogP contribution in [0.25, 0.3) is 11.5 Å². The first-order valence-corrected chi connectivity index (χ1v) is 11.2. The van der Waals surface area contributed by atoms with Crippen molar-refractivity contribution in [2.75, 3.05) is 36.6 Å². The Bertz CT molecular complexity index is 1080. The number of hydrogen-bond donors (Lipinski definition) is 2. The van der Waals surface area contributed by atoms with Crippen molar-refractivity contribution in [2.45, 2.75) is 18.1 Å². The minimum Gasteiger partial charge on any atom is -0.497 e. The summed E-state index contributed by atoms with van der Waals surface area (Å²) in [5.74, 6) is 0.933. The second-order valence-electron chi connectivity index (χ2n) is 7.11. The van der Waals surface area contributed by atoms with E-state index in [4.69, 9.17) is 9.15 Å². The molecule has 0 spiro atoms. The van der Waals surface area contributed by atoms with Crippen molar-refractivity contribution < 1.29 is 18.7 Å². The first-order chi connectivity index (χ1) is 15.6. The molecule has 1 fully saturated rings. The predicted octanol–water partition coefficient (Wildman–Crippen LogP) is 4.10. The SMILES string of the molecule is COc1ccc(-c2nnc(SCC(=O)Nc3ccccc3NC(=O)N3CCCC3)o2)cc1. The molecule has 10 heteroatoms. The zero-order valence-corrected chi connectivity index (χ0v) is 18.4. The fourth-order valence-corrected chi connectivity index (χ4v) is 3.81. The molecule has 0 radical (unpaired) electrons. The average molecular weight is 454 g/mol. The molecule has 32 heavy (non-hydrogen) atoms. The van der Waals surface area contributed by atoms with Gasteiger partial charge in [0, 0.05) is 18.7 Å². The van der Waals surface area contributed by atoms with Crippen LogP contribution in [0.2, 0.25) is 0 Å². The van der Waals surface area contributed by atoms with Crippen molar-refractivity contribution in [1.82, 2.24) is 15.1 Å². The number of rotatable bonds is 7. The number of nitrogens with zero attached hydrogens (tertiary/aromatic N) is 3. The predicted molar refractivity (Wildman–Crippen MR) is 122 cm³/mol. The highest BCUT2D eigenvalue weighted by Crippen LogP contribution is 2.26. The molecule has 2 N–H and O–H groups in total. The smallest absolute Gasteiger partial charge is 0.321 e. The number of thioether (sulfide) groups is 1. The Labute approximate surface area is 189 Å². The van der Waals surface area contributed by atoms with Crippen LogP contribution >= 0.6 is 11.8 Å². The van der Waals surface area contributed by atoms with Gasteiger partial charge in [-0.2, -0.15) is 0 Å². The number of methoxy groups -OCH3 is 1. The first kappa shape index (κ1) is 21.7. The van der Waals surface area contributed by atoms with Crippen LogP contribution < -0.4 is 15.4 Å². The number of carbonyl (C=O) groups is 2. The van der Waals surface area contributed by atoms with Crippen LogP contribution in [0.5, 0.6) is 5.75 Å². The Hall–Kier alpha value is -3.53. The number of urea groups is 1. The van der Waals surface area contributed by atoms with Crippen molar-refractivity contribution in [1.29, 1.82) is 0 Å². The summed E-state index contributed by atoms with van der Waals surface area (Å²) in [6, 6.07) is 14.2. The van der Waals surface area contributed by atoms with Crippen LogP contribution in [0, 0.1) is 0 Å². The monoisotopic (exact) mass is 453 g/mol. The minimum atomic E-state index is -0.248. The fourth-order valence-electron chi connectivity index (χ4n) is 3.25. The molecule has 3 amide bonds. The van der Waals surface area contributed by atoms with E-state index in [2.05, 4.69) is 20.8 Å². The van der Waals surface area contributed by atoms with Crippen LogP contribution in [0.1, 0.15) is 12.8 Å². The van der Waals surface area contributed by atoms with Crippen molar-refractivity contribution in [3.8, 4) is 17.2 Å². The van der Waals surface area contributed by atoms with Gasteiger partial charge in [0.15, 0.2) is 0 Å². The number of amides is 3. The summed E-state index contributed by atoms with van der Waals surface area (Å²) in [6.45, 7) is 1.50. The van der Waals surface area contributed by atoms with E-state index >= 15 is 0 Å². The van der Waals surface area contributed by atoms with Gasteiger partial charge >= 0.3 is 6.03 Å². The summed E-state index contributed by atoms with van der Waals surface area (Å²) in [6.07, 6.45) is 2.03. The zero-order valence-electron chi connectivity index (χ0n) is 17.5. The number of para-hydroxylation sites is 2. The third-order valence-corrected chi connectivity index (χ3v) is 5.72. The average Bonchev–Trinajstić information content (AvgIpc) is 3.52. The van der Waals surface area contributed by atoms with Gasteiger partial charge in [0.1, 0.15) is 5.75 Å². The number of hydrogen-bond acceptors (Lipinski definition) is 7. The van der Waals surface area contributed by atoms with Crippen molar-refractivity contribution in [3.05, 3.63) is 48.5 Å². The number of nitrogens with one attached hydrogen (secondary N) is 2. The highest BCUT2D eigenvalue weighted by atomic mass is 32.2. The summed E-state index contributed by atoms with van der Waals surface area (Å²) in [5, 5.41) is 14.0. The molecular weight excluding hydrogens is 430 g/mol. The molecule has 4 rings (SSSR count). The number of benzene rings is 2. The van der Waals surface area contributed by atoms with Crippen LogP contribution in [-0.4, -0.2) is 53.0 Å². The Balaban J connectivity index is 1.32. The van der Waals surface area contributed by atoms with Gasteiger partial charge in [0.25, 0.3) is 5.22 Å². The number of ether oxygens (including phenoxy) is 1. The largest absolute Gasteiger partial charge is 0.497 e. The fraction of sp³-hybridized carbons (Fsp3) is 0.273. The van der Waals surface area contributed by atoms with E-state index in [1.54, 1.807) is 42.3 Å². The summed E-state index contributed by atoms with van der Waals surface area (Å²) < 4.78 is 10.8. The van der Waals surface area contributed by atoms with Gasteiger partial charge in [0.05, 0.1) is 24.2 Å². The molecular formula is C22H23N5O4S. The normalized spacial score (nSPS) is 13.1. The Morgan fingerprint density at radius 3 is 2.41 bits per heavy atom. The maximum absolute atomic E-state index is 12.5. The summed E-state index contributed by atoms with van der Waals surface area (Å²) in [5.41, 5.74) is 1.86. The van der Waals surface area contributed by atoms with E-state index in [0.717, 1.165) is 49.0 Å². The summed E-state index contributed by atoms with van der Waals surface area (Å²) in [4.78, 5) is 26.6. The molecule has 0 aliphatic carbocycles. The molecule has 0 bridgehead atoms. The molecule has 2 heterocycles. The lowest BCUT2D eigenvalue weighted by Gasteiger charge is -2.18. The molecule has 1 aliphatic rings. The zero-order chi connectivity index (χ0) is 22.3. The molecule has 9 nitrogen and oxygen atoms in total. The third-order valence-electron chi connectivity index (χ3n) is 4.91. The lowest BCUT2D eigenvalue weighted by atomic mass is 10.2. The molecule has 0 saturated carbocycles. The number of aromatic nitrogens is 2. The van der Waals surface area contributed by atoms with Gasteiger partial charge in [-0.25, -0.2) is 4.79 Å². The molecule has 1 saturated heterocycles. The lowest BCUT2D eigenvalue weighted by molar-refractivity contribution is -0.113. The van der Waals surface area contributed by atoms with E-state index in [1.807, 2.05) is 18.2 Å². The highest BCUT2D eigenvalue weighted by molar-refractivity contribution is 7.99. The van der Waals surface area contributed by atoms with E-state index < -0.39 is 0 Å². The third kappa shape index (κ3) is 5.38. The maximum Gasteiger partial charge on any atom is 0.321 e. The second kappa shape index (κ2) is 10.2. The van der Waals surface area contributed by atoms with Gasteiger partial charge in [-0.1, -0.05) is 23.9 Å². The van der Waals surface area contributed by atoms with Gasteiger partial charge in [0.2, 0.25) is 11.8 Å². The number of carbonyl (C=O) groups excluding carboxylic acids is 2. The first-order valence-electron chi connectivity index (χ1n) is 10.2. The van der Waals surface area contributed by atoms with Crippen molar-refractivity contribution in [2.24, 2.45) is 0 Å². The van der Waals surface area contributed by atoms with Crippen LogP contribution in [0.15, 0.2) is 58.2 Å². The Kier molecular flexibility index (Phi) is 6.90. The van der Waals surface area contributed by atoms with Gasteiger partial charge < -0.3 is 24.7 Å².